The minimum Gasteiger partial charge on any atom is -0.324 e. The first-order valence-corrected chi connectivity index (χ1v) is 6.80. The number of nitrogens with one attached hydrogen (secondary N) is 2. The van der Waals surface area contributed by atoms with Crippen LogP contribution in [-0.2, 0) is 4.79 Å². The monoisotopic (exact) mass is 270 g/mol. The minimum atomic E-state index is -0.336. The first-order valence-electron chi connectivity index (χ1n) is 6.80. The number of anilines is 1. The topological polar surface area (TPSA) is 59.0 Å². The molecule has 1 aromatic heterocycles. The molecule has 2 heterocycles. The lowest BCUT2D eigenvalue weighted by molar-refractivity contribution is -0.123. The van der Waals surface area contributed by atoms with Gasteiger partial charge in [-0.15, -0.1) is 0 Å². The first kappa shape index (κ1) is 12.9. The Morgan fingerprint density at radius 1 is 1.40 bits per heavy atom. The smallest absolute Gasteiger partial charge is 0.231 e. The second-order valence-corrected chi connectivity index (χ2v) is 5.41. The van der Waals surface area contributed by atoms with Gasteiger partial charge in [-0.2, -0.15) is 5.10 Å². The van der Waals surface area contributed by atoms with E-state index in [0.717, 1.165) is 30.9 Å². The van der Waals surface area contributed by atoms with Crippen LogP contribution in [0.4, 0.5) is 5.69 Å². The molecule has 0 radical (unpaired) electrons. The standard InChI is InChI=1S/C15H18N4O/c1-15(7-9-16-11-15)14(20)18-12-5-2-3-6-13(12)19-10-4-8-17-19/h2-6,8,10,16H,7,9,11H2,1H3,(H,18,20). The molecule has 0 bridgehead atoms. The average molecular weight is 270 g/mol. The van der Waals surface area contributed by atoms with Gasteiger partial charge in [-0.1, -0.05) is 12.1 Å². The Kier molecular flexibility index (Phi) is 3.28. The van der Waals surface area contributed by atoms with Gasteiger partial charge in [0.05, 0.1) is 16.8 Å². The summed E-state index contributed by atoms with van der Waals surface area (Å²) in [5, 5.41) is 10.5. The van der Waals surface area contributed by atoms with Crippen molar-refractivity contribution < 1.29 is 4.79 Å². The predicted octanol–water partition coefficient (Wildman–Crippen LogP) is 1.81. The van der Waals surface area contributed by atoms with E-state index in [1.165, 1.54) is 0 Å². The number of aromatic nitrogens is 2. The molecule has 2 aromatic rings. The van der Waals surface area contributed by atoms with Crippen LogP contribution in [0.3, 0.4) is 0 Å². The van der Waals surface area contributed by atoms with Crippen LogP contribution in [-0.4, -0.2) is 28.8 Å². The van der Waals surface area contributed by atoms with Crippen LogP contribution in [0.5, 0.6) is 0 Å². The molecular formula is C15H18N4O. The van der Waals surface area contributed by atoms with Gasteiger partial charge in [-0.25, -0.2) is 4.68 Å². The number of nitrogens with zero attached hydrogens (tertiary/aromatic N) is 2. The summed E-state index contributed by atoms with van der Waals surface area (Å²) < 4.78 is 1.75. The van der Waals surface area contributed by atoms with E-state index in [-0.39, 0.29) is 11.3 Å². The van der Waals surface area contributed by atoms with E-state index in [9.17, 15) is 4.79 Å². The molecule has 20 heavy (non-hydrogen) atoms. The lowest BCUT2D eigenvalue weighted by atomic mass is 9.88. The summed E-state index contributed by atoms with van der Waals surface area (Å²) in [6.07, 6.45) is 4.45. The summed E-state index contributed by atoms with van der Waals surface area (Å²) in [5.41, 5.74) is 1.33. The highest BCUT2D eigenvalue weighted by molar-refractivity contribution is 5.97. The fourth-order valence-electron chi connectivity index (χ4n) is 2.47. The maximum atomic E-state index is 12.5. The number of hydrogen-bond donors (Lipinski definition) is 2. The summed E-state index contributed by atoms with van der Waals surface area (Å²) in [4.78, 5) is 12.5. The van der Waals surface area contributed by atoms with E-state index in [4.69, 9.17) is 0 Å². The lowest BCUT2D eigenvalue weighted by Gasteiger charge is -2.22. The van der Waals surface area contributed by atoms with Gasteiger partial charge in [0.15, 0.2) is 0 Å². The van der Waals surface area contributed by atoms with Crippen molar-refractivity contribution in [3.05, 3.63) is 42.7 Å². The Morgan fingerprint density at radius 3 is 2.95 bits per heavy atom. The molecule has 2 N–H and O–H groups in total. The number of amides is 1. The fraction of sp³-hybridized carbons (Fsp3) is 0.333. The van der Waals surface area contributed by atoms with Gasteiger partial charge in [0.25, 0.3) is 0 Å². The largest absolute Gasteiger partial charge is 0.324 e. The Morgan fingerprint density at radius 2 is 2.25 bits per heavy atom. The second kappa shape index (κ2) is 5.09. The maximum Gasteiger partial charge on any atom is 0.231 e. The van der Waals surface area contributed by atoms with Crippen LogP contribution in [0, 0.1) is 5.41 Å². The van der Waals surface area contributed by atoms with E-state index in [1.54, 1.807) is 10.9 Å². The molecule has 3 rings (SSSR count). The van der Waals surface area contributed by atoms with Crippen LogP contribution >= 0.6 is 0 Å². The molecule has 104 valence electrons. The Balaban J connectivity index is 1.86. The van der Waals surface area contributed by atoms with Crippen molar-refractivity contribution in [3.63, 3.8) is 0 Å². The third-order valence-electron chi connectivity index (χ3n) is 3.82. The molecule has 0 saturated carbocycles. The van der Waals surface area contributed by atoms with E-state index in [0.29, 0.717) is 0 Å². The average Bonchev–Trinajstić information content (AvgIpc) is 3.11. The maximum absolute atomic E-state index is 12.5. The quantitative estimate of drug-likeness (QED) is 0.894. The van der Waals surface area contributed by atoms with Gasteiger partial charge < -0.3 is 10.6 Å². The molecule has 1 atom stereocenters. The van der Waals surface area contributed by atoms with Gasteiger partial charge in [0.1, 0.15) is 0 Å². The molecule has 1 aliphatic rings. The van der Waals surface area contributed by atoms with Crippen LogP contribution in [0.25, 0.3) is 5.69 Å². The zero-order chi connectivity index (χ0) is 14.0. The Labute approximate surface area is 118 Å². The number of rotatable bonds is 3. The molecular weight excluding hydrogens is 252 g/mol. The van der Waals surface area contributed by atoms with Crippen molar-refractivity contribution in [2.75, 3.05) is 18.4 Å². The zero-order valence-electron chi connectivity index (χ0n) is 11.5. The van der Waals surface area contributed by atoms with Gasteiger partial charge in [0, 0.05) is 18.9 Å². The van der Waals surface area contributed by atoms with Crippen molar-refractivity contribution in [1.29, 1.82) is 0 Å². The first-order chi connectivity index (χ1) is 9.69. The third-order valence-corrected chi connectivity index (χ3v) is 3.82. The van der Waals surface area contributed by atoms with E-state index in [2.05, 4.69) is 15.7 Å². The Hall–Kier alpha value is -2.14. The van der Waals surface area contributed by atoms with Crippen molar-refractivity contribution in [1.82, 2.24) is 15.1 Å². The van der Waals surface area contributed by atoms with Crippen LogP contribution in [0.15, 0.2) is 42.7 Å². The molecule has 5 nitrogen and oxygen atoms in total. The van der Waals surface area contributed by atoms with Gasteiger partial charge >= 0.3 is 0 Å². The number of carbonyl (C=O) groups is 1. The van der Waals surface area contributed by atoms with Crippen LogP contribution < -0.4 is 10.6 Å². The van der Waals surface area contributed by atoms with E-state index >= 15 is 0 Å². The highest BCUT2D eigenvalue weighted by Crippen LogP contribution is 2.28. The highest BCUT2D eigenvalue weighted by atomic mass is 16.2. The van der Waals surface area contributed by atoms with Gasteiger partial charge in [-0.3, -0.25) is 4.79 Å². The summed E-state index contributed by atoms with van der Waals surface area (Å²) in [6, 6.07) is 9.56. The molecule has 1 fully saturated rings. The van der Waals surface area contributed by atoms with Crippen molar-refractivity contribution in [2.45, 2.75) is 13.3 Å². The predicted molar refractivity (Wildman–Crippen MR) is 77.8 cm³/mol. The molecule has 0 spiro atoms. The third kappa shape index (κ3) is 2.32. The molecule has 5 heteroatoms. The summed E-state index contributed by atoms with van der Waals surface area (Å²) in [7, 11) is 0. The fourth-order valence-corrected chi connectivity index (χ4v) is 2.47. The summed E-state index contributed by atoms with van der Waals surface area (Å²) in [5.74, 6) is 0.0575. The molecule has 0 aliphatic carbocycles. The van der Waals surface area contributed by atoms with Gasteiger partial charge in [-0.05, 0) is 38.1 Å². The molecule has 1 aromatic carbocycles. The second-order valence-electron chi connectivity index (χ2n) is 5.41. The van der Waals surface area contributed by atoms with Crippen molar-refractivity contribution in [2.24, 2.45) is 5.41 Å². The number of benzene rings is 1. The summed E-state index contributed by atoms with van der Waals surface area (Å²) in [6.45, 7) is 3.62. The van der Waals surface area contributed by atoms with Crippen LogP contribution in [0.1, 0.15) is 13.3 Å². The number of carbonyl (C=O) groups excluding carboxylic acids is 1. The molecule has 1 amide bonds. The number of hydrogen-bond acceptors (Lipinski definition) is 3. The molecule has 1 unspecified atom stereocenters. The minimum absolute atomic E-state index is 0.0575. The lowest BCUT2D eigenvalue weighted by Crippen LogP contribution is -2.35. The van der Waals surface area contributed by atoms with Crippen molar-refractivity contribution in [3.8, 4) is 5.69 Å². The van der Waals surface area contributed by atoms with Crippen molar-refractivity contribution >= 4 is 11.6 Å². The van der Waals surface area contributed by atoms with E-state index < -0.39 is 0 Å². The molecule has 1 aliphatic heterocycles. The highest BCUT2D eigenvalue weighted by Gasteiger charge is 2.36. The normalized spacial score (nSPS) is 21.9. The van der Waals surface area contributed by atoms with Crippen LogP contribution in [0.2, 0.25) is 0 Å². The molecule has 1 saturated heterocycles. The summed E-state index contributed by atoms with van der Waals surface area (Å²) >= 11 is 0. The van der Waals surface area contributed by atoms with Gasteiger partial charge in [0.2, 0.25) is 5.91 Å². The SMILES string of the molecule is CC1(C(=O)Nc2ccccc2-n2cccn2)CCNC1. The van der Waals surface area contributed by atoms with E-state index in [1.807, 2.05) is 43.5 Å². The zero-order valence-corrected chi connectivity index (χ0v) is 11.5. The number of para-hydroxylation sites is 2. The Bertz CT molecular complexity index is 600.